The second-order valence-electron chi connectivity index (χ2n) is 6.62. The number of pyridine rings is 1. The normalized spacial score (nSPS) is 13.0. The number of aryl methyl sites for hydroxylation is 2. The van der Waals surface area contributed by atoms with Crippen molar-refractivity contribution >= 4 is 28.9 Å². The third kappa shape index (κ3) is 2.95. The van der Waals surface area contributed by atoms with E-state index in [0.717, 1.165) is 11.4 Å². The molecule has 0 bridgehead atoms. The Morgan fingerprint density at radius 1 is 1.18 bits per heavy atom. The number of benzene rings is 1. The van der Waals surface area contributed by atoms with Crippen molar-refractivity contribution in [2.24, 2.45) is 0 Å². The molecule has 9 heteroatoms. The quantitative estimate of drug-likeness (QED) is 0.679. The lowest BCUT2D eigenvalue weighted by Crippen LogP contribution is -2.18. The maximum Gasteiger partial charge on any atom is 0.257 e. The van der Waals surface area contributed by atoms with E-state index in [1.54, 1.807) is 25.1 Å². The van der Waals surface area contributed by atoms with E-state index in [0.29, 0.717) is 45.8 Å². The number of fused-ring (bicyclic) bond motifs is 1. The summed E-state index contributed by atoms with van der Waals surface area (Å²) in [5.41, 5.74) is 4.78. The molecule has 1 N–H and O–H groups in total. The Balaban J connectivity index is 1.80. The van der Waals surface area contributed by atoms with Crippen molar-refractivity contribution in [2.75, 3.05) is 19.5 Å². The first kappa shape index (κ1) is 18.2. The summed E-state index contributed by atoms with van der Waals surface area (Å²) >= 11 is 6.17. The minimum Gasteiger partial charge on any atom is -0.492 e. The maximum atomic E-state index is 12.5. The Kier molecular flexibility index (Phi) is 4.43. The van der Waals surface area contributed by atoms with Crippen LogP contribution in [0.4, 0.5) is 11.4 Å². The number of hydrogen-bond acceptors (Lipinski definition) is 6. The lowest BCUT2D eigenvalue weighted by atomic mass is 10.1. The highest BCUT2D eigenvalue weighted by molar-refractivity contribution is 6.30. The SMILES string of the molecule is COc1c(Nc2cc(Cl)nc3c2C(=O)N(C)C3)cccc1-n1nc(C)c(C)n1. The number of anilines is 2. The Bertz CT molecular complexity index is 1070. The zero-order valence-corrected chi connectivity index (χ0v) is 16.7. The average Bonchev–Trinajstić information content (AvgIpc) is 3.13. The van der Waals surface area contributed by atoms with Crippen LogP contribution in [0.1, 0.15) is 27.4 Å². The third-order valence-electron chi connectivity index (χ3n) is 4.71. The molecular formula is C19H19ClN6O2. The molecule has 1 aromatic carbocycles. The molecule has 1 amide bonds. The fourth-order valence-electron chi connectivity index (χ4n) is 3.20. The Labute approximate surface area is 167 Å². The summed E-state index contributed by atoms with van der Waals surface area (Å²) < 4.78 is 5.64. The molecule has 0 saturated heterocycles. The van der Waals surface area contributed by atoms with Crippen molar-refractivity contribution in [1.29, 1.82) is 0 Å². The van der Waals surface area contributed by atoms with Crippen LogP contribution in [0, 0.1) is 13.8 Å². The second-order valence-corrected chi connectivity index (χ2v) is 7.01. The van der Waals surface area contributed by atoms with Gasteiger partial charge >= 0.3 is 0 Å². The number of hydrogen-bond donors (Lipinski definition) is 1. The minimum absolute atomic E-state index is 0.100. The molecule has 0 aliphatic carbocycles. The highest BCUT2D eigenvalue weighted by Crippen LogP contribution is 2.37. The number of ether oxygens (including phenoxy) is 1. The predicted octanol–water partition coefficient (Wildman–Crippen LogP) is 3.27. The molecule has 1 aliphatic rings. The number of carbonyl (C=O) groups excluding carboxylic acids is 1. The van der Waals surface area contributed by atoms with Crippen LogP contribution >= 0.6 is 11.6 Å². The first-order chi connectivity index (χ1) is 13.4. The van der Waals surface area contributed by atoms with Gasteiger partial charge in [-0.2, -0.15) is 10.2 Å². The van der Waals surface area contributed by atoms with Gasteiger partial charge in [-0.1, -0.05) is 17.7 Å². The number of rotatable bonds is 4. The summed E-state index contributed by atoms with van der Waals surface area (Å²) in [6.45, 7) is 4.23. The fraction of sp³-hybridized carbons (Fsp3) is 0.263. The molecule has 144 valence electrons. The molecule has 0 saturated carbocycles. The number of carbonyl (C=O) groups is 1. The molecule has 0 atom stereocenters. The maximum absolute atomic E-state index is 12.5. The van der Waals surface area contributed by atoms with Crippen molar-refractivity contribution in [3.63, 3.8) is 0 Å². The highest BCUT2D eigenvalue weighted by Gasteiger charge is 2.30. The van der Waals surface area contributed by atoms with Gasteiger partial charge in [-0.3, -0.25) is 4.79 Å². The molecule has 0 unspecified atom stereocenters. The summed E-state index contributed by atoms with van der Waals surface area (Å²) in [6.07, 6.45) is 0. The van der Waals surface area contributed by atoms with Crippen molar-refractivity contribution in [3.05, 3.63) is 52.1 Å². The lowest BCUT2D eigenvalue weighted by molar-refractivity contribution is 0.0817. The van der Waals surface area contributed by atoms with E-state index in [-0.39, 0.29) is 5.91 Å². The first-order valence-electron chi connectivity index (χ1n) is 8.69. The molecule has 0 radical (unpaired) electrons. The van der Waals surface area contributed by atoms with E-state index in [1.165, 1.54) is 4.80 Å². The van der Waals surface area contributed by atoms with Crippen LogP contribution in [-0.4, -0.2) is 44.9 Å². The van der Waals surface area contributed by atoms with E-state index in [2.05, 4.69) is 20.5 Å². The van der Waals surface area contributed by atoms with Gasteiger partial charge in [0.05, 0.1) is 47.7 Å². The summed E-state index contributed by atoms with van der Waals surface area (Å²) in [4.78, 5) is 20.0. The van der Waals surface area contributed by atoms with Crippen molar-refractivity contribution in [1.82, 2.24) is 24.9 Å². The van der Waals surface area contributed by atoms with Gasteiger partial charge in [0.25, 0.3) is 5.91 Å². The number of methoxy groups -OCH3 is 1. The van der Waals surface area contributed by atoms with Gasteiger partial charge in [-0.05, 0) is 32.0 Å². The summed E-state index contributed by atoms with van der Waals surface area (Å²) in [5.74, 6) is 0.453. The largest absolute Gasteiger partial charge is 0.492 e. The second kappa shape index (κ2) is 6.79. The van der Waals surface area contributed by atoms with Gasteiger partial charge < -0.3 is 15.0 Å². The van der Waals surface area contributed by atoms with Crippen molar-refractivity contribution in [2.45, 2.75) is 20.4 Å². The van der Waals surface area contributed by atoms with E-state index in [4.69, 9.17) is 16.3 Å². The number of nitrogens with zero attached hydrogens (tertiary/aromatic N) is 5. The van der Waals surface area contributed by atoms with Crippen LogP contribution in [0.3, 0.4) is 0 Å². The van der Waals surface area contributed by atoms with Crippen LogP contribution in [0.25, 0.3) is 5.69 Å². The number of amides is 1. The third-order valence-corrected chi connectivity index (χ3v) is 4.90. The van der Waals surface area contributed by atoms with Crippen LogP contribution < -0.4 is 10.1 Å². The smallest absolute Gasteiger partial charge is 0.257 e. The Morgan fingerprint density at radius 2 is 1.89 bits per heavy atom. The lowest BCUT2D eigenvalue weighted by Gasteiger charge is -2.16. The monoisotopic (exact) mass is 398 g/mol. The van der Waals surface area contributed by atoms with Crippen LogP contribution in [0.15, 0.2) is 24.3 Å². The van der Waals surface area contributed by atoms with E-state index in [1.807, 2.05) is 32.0 Å². The molecular weight excluding hydrogens is 380 g/mol. The highest BCUT2D eigenvalue weighted by atomic mass is 35.5. The zero-order chi connectivity index (χ0) is 20.0. The van der Waals surface area contributed by atoms with Crippen molar-refractivity contribution in [3.8, 4) is 11.4 Å². The topological polar surface area (TPSA) is 85.2 Å². The Hall–Kier alpha value is -3.13. The van der Waals surface area contributed by atoms with Crippen LogP contribution in [0.2, 0.25) is 5.15 Å². The molecule has 0 fully saturated rings. The summed E-state index contributed by atoms with van der Waals surface area (Å²) in [5, 5.41) is 12.5. The molecule has 28 heavy (non-hydrogen) atoms. The fourth-order valence-corrected chi connectivity index (χ4v) is 3.41. The molecule has 2 aromatic heterocycles. The van der Waals surface area contributed by atoms with Gasteiger partial charge in [0.2, 0.25) is 0 Å². The van der Waals surface area contributed by atoms with Gasteiger partial charge in [0.15, 0.2) is 5.75 Å². The van der Waals surface area contributed by atoms with Gasteiger partial charge in [-0.15, -0.1) is 4.80 Å². The zero-order valence-electron chi connectivity index (χ0n) is 15.9. The molecule has 3 heterocycles. The van der Waals surface area contributed by atoms with E-state index < -0.39 is 0 Å². The first-order valence-corrected chi connectivity index (χ1v) is 9.06. The molecule has 4 rings (SSSR count). The molecule has 8 nitrogen and oxygen atoms in total. The van der Waals surface area contributed by atoms with E-state index in [9.17, 15) is 4.79 Å². The van der Waals surface area contributed by atoms with Gasteiger partial charge in [0, 0.05) is 7.05 Å². The number of nitrogens with one attached hydrogen (secondary N) is 1. The van der Waals surface area contributed by atoms with Gasteiger partial charge in [0.1, 0.15) is 10.8 Å². The number of halogens is 1. The summed E-state index contributed by atoms with van der Waals surface area (Å²) in [6, 6.07) is 7.23. The van der Waals surface area contributed by atoms with E-state index >= 15 is 0 Å². The molecule has 3 aromatic rings. The predicted molar refractivity (Wildman–Crippen MR) is 106 cm³/mol. The summed E-state index contributed by atoms with van der Waals surface area (Å²) in [7, 11) is 3.31. The van der Waals surface area contributed by atoms with Crippen LogP contribution in [-0.2, 0) is 6.54 Å². The van der Waals surface area contributed by atoms with Crippen LogP contribution in [0.5, 0.6) is 5.75 Å². The number of aromatic nitrogens is 4. The average molecular weight is 399 g/mol. The molecule has 0 spiro atoms. The standard InChI is InChI=1S/C19H19ClN6O2/c1-10-11(2)24-26(23-10)15-7-5-6-12(18(15)28-4)21-13-8-16(20)22-14-9-25(3)19(27)17(13)14/h5-8H,9H2,1-4H3,(H,21,22). The molecule has 1 aliphatic heterocycles. The minimum atomic E-state index is -0.100. The van der Waals surface area contributed by atoms with Gasteiger partial charge in [-0.25, -0.2) is 4.98 Å². The Morgan fingerprint density at radius 3 is 2.57 bits per heavy atom. The number of para-hydroxylation sites is 1. The van der Waals surface area contributed by atoms with Crippen molar-refractivity contribution < 1.29 is 9.53 Å².